The fourth-order valence-corrected chi connectivity index (χ4v) is 2.78. The normalized spacial score (nSPS) is 10.3. The molecule has 3 aromatic rings. The van der Waals surface area contributed by atoms with Gasteiger partial charge in [0.25, 0.3) is 0 Å². The van der Waals surface area contributed by atoms with Gasteiger partial charge in [0.15, 0.2) is 5.69 Å². The van der Waals surface area contributed by atoms with Crippen molar-refractivity contribution in [3.63, 3.8) is 0 Å². The highest BCUT2D eigenvalue weighted by atomic mass is 32.1. The predicted octanol–water partition coefficient (Wildman–Crippen LogP) is 3.22. The van der Waals surface area contributed by atoms with Crippen LogP contribution in [0.4, 0.5) is 5.69 Å². The maximum Gasteiger partial charge on any atom is 0.186 e. The lowest BCUT2D eigenvalue weighted by atomic mass is 10.1. The molecule has 2 heterocycles. The van der Waals surface area contributed by atoms with Gasteiger partial charge in [-0.15, -0.1) is 10.2 Å². The van der Waals surface area contributed by atoms with Crippen LogP contribution in [-0.4, -0.2) is 16.7 Å². The molecule has 0 aliphatic heterocycles. The van der Waals surface area contributed by atoms with Crippen LogP contribution in [0.15, 0.2) is 41.1 Å². The number of benzene rings is 1. The van der Waals surface area contributed by atoms with E-state index >= 15 is 0 Å². The van der Waals surface area contributed by atoms with Gasteiger partial charge in [-0.3, -0.25) is 0 Å². The Balaban J connectivity index is 1.87. The molecule has 2 aromatic heterocycles. The molecule has 0 saturated heterocycles. The first-order chi connectivity index (χ1) is 9.88. The minimum absolute atomic E-state index is 0.342. The van der Waals surface area contributed by atoms with E-state index in [0.717, 1.165) is 29.6 Å². The fourth-order valence-electron chi connectivity index (χ4n) is 2.08. The lowest BCUT2D eigenvalue weighted by Crippen LogP contribution is -2.08. The van der Waals surface area contributed by atoms with Crippen LogP contribution in [0.1, 0.15) is 11.3 Å². The topological polar surface area (TPSA) is 61.6 Å². The molecule has 20 heavy (non-hydrogen) atoms. The Labute approximate surface area is 120 Å². The second-order valence-corrected chi connectivity index (χ2v) is 5.14. The minimum atomic E-state index is 0.342. The molecule has 3 rings (SSSR count). The molecule has 1 N–H and O–H groups in total. The fraction of sp³-hybridized carbons (Fsp3) is 0.133. The summed E-state index contributed by atoms with van der Waals surface area (Å²) in [4.78, 5) is 0. The van der Waals surface area contributed by atoms with E-state index < -0.39 is 0 Å². The summed E-state index contributed by atoms with van der Waals surface area (Å²) in [6, 6.07) is 11.9. The van der Waals surface area contributed by atoms with Crippen LogP contribution in [0.3, 0.4) is 0 Å². The summed E-state index contributed by atoms with van der Waals surface area (Å²) in [5.41, 5.74) is 3.21. The number of aromatic nitrogens is 2. The molecule has 0 radical (unpaired) electrons. The maximum atomic E-state index is 9.17. The Morgan fingerprint density at radius 2 is 2.10 bits per heavy atom. The molecule has 0 atom stereocenters. The quantitative estimate of drug-likeness (QED) is 0.797. The molecule has 0 unspecified atom stereocenters. The highest BCUT2D eigenvalue weighted by molar-refractivity contribution is 7.07. The third kappa shape index (κ3) is 2.46. The van der Waals surface area contributed by atoms with Crippen molar-refractivity contribution in [2.24, 2.45) is 0 Å². The highest BCUT2D eigenvalue weighted by Crippen LogP contribution is 2.23. The first-order valence-electron chi connectivity index (χ1n) is 6.29. The van der Waals surface area contributed by atoms with Gasteiger partial charge >= 0.3 is 0 Å². The van der Waals surface area contributed by atoms with E-state index in [4.69, 9.17) is 0 Å². The number of hydrogen-bond donors (Lipinski definition) is 1. The summed E-state index contributed by atoms with van der Waals surface area (Å²) >= 11 is 1.69. The van der Waals surface area contributed by atoms with E-state index in [2.05, 4.69) is 38.4 Å². The second-order valence-electron chi connectivity index (χ2n) is 4.36. The van der Waals surface area contributed by atoms with Gasteiger partial charge < -0.3 is 5.32 Å². The Morgan fingerprint density at radius 1 is 1.20 bits per heavy atom. The number of nitrogens with zero attached hydrogens (tertiary/aromatic N) is 3. The monoisotopic (exact) mass is 280 g/mol. The van der Waals surface area contributed by atoms with Crippen LogP contribution in [0.2, 0.25) is 0 Å². The van der Waals surface area contributed by atoms with Crippen LogP contribution in [-0.2, 0) is 6.42 Å². The number of fused-ring (bicyclic) bond motifs is 1. The van der Waals surface area contributed by atoms with Crippen LogP contribution < -0.4 is 5.32 Å². The van der Waals surface area contributed by atoms with Gasteiger partial charge in [0.05, 0.1) is 11.2 Å². The molecule has 5 heteroatoms. The van der Waals surface area contributed by atoms with Crippen molar-refractivity contribution >= 4 is 27.9 Å². The van der Waals surface area contributed by atoms with Gasteiger partial charge in [0, 0.05) is 11.9 Å². The highest BCUT2D eigenvalue weighted by Gasteiger charge is 2.09. The molecule has 0 aliphatic carbocycles. The average molecular weight is 280 g/mol. The molecule has 0 spiro atoms. The number of thiophene rings is 1. The smallest absolute Gasteiger partial charge is 0.186 e. The van der Waals surface area contributed by atoms with Gasteiger partial charge in [0.2, 0.25) is 0 Å². The largest absolute Gasteiger partial charge is 0.382 e. The zero-order chi connectivity index (χ0) is 13.8. The van der Waals surface area contributed by atoms with E-state index in [0.29, 0.717) is 5.69 Å². The van der Waals surface area contributed by atoms with E-state index in [9.17, 15) is 5.26 Å². The maximum absolute atomic E-state index is 9.17. The van der Waals surface area contributed by atoms with Crippen molar-refractivity contribution in [3.05, 3.63) is 52.3 Å². The molecule has 0 amide bonds. The van der Waals surface area contributed by atoms with Gasteiger partial charge in [-0.05, 0) is 34.9 Å². The van der Waals surface area contributed by atoms with Crippen molar-refractivity contribution < 1.29 is 0 Å². The molecule has 98 valence electrons. The molecule has 0 bridgehead atoms. The summed E-state index contributed by atoms with van der Waals surface area (Å²) in [6.45, 7) is 0.765. The van der Waals surface area contributed by atoms with Crippen molar-refractivity contribution in [2.45, 2.75) is 6.42 Å². The van der Waals surface area contributed by atoms with Crippen LogP contribution in [0, 0.1) is 11.3 Å². The lowest BCUT2D eigenvalue weighted by molar-refractivity contribution is 1.00. The summed E-state index contributed by atoms with van der Waals surface area (Å²) in [7, 11) is 0. The van der Waals surface area contributed by atoms with Crippen molar-refractivity contribution in [2.75, 3.05) is 11.9 Å². The Bertz CT molecular complexity index is 759. The third-order valence-corrected chi connectivity index (χ3v) is 3.80. The number of nitriles is 1. The zero-order valence-corrected chi connectivity index (χ0v) is 11.5. The molecule has 0 fully saturated rings. The number of anilines is 1. The number of rotatable bonds is 4. The SMILES string of the molecule is N#Cc1nnc2ccccc2c1NCCc1ccsc1. The summed E-state index contributed by atoms with van der Waals surface area (Å²) in [5.74, 6) is 0. The van der Waals surface area contributed by atoms with Crippen molar-refractivity contribution in [1.82, 2.24) is 10.2 Å². The standard InChI is InChI=1S/C15H12N4S/c16-9-14-15(17-7-5-11-6-8-20-10-11)12-3-1-2-4-13(12)18-19-14/h1-4,6,8,10H,5,7H2,(H,17,18). The first kappa shape index (κ1) is 12.6. The Kier molecular flexibility index (Phi) is 3.57. The van der Waals surface area contributed by atoms with Gasteiger partial charge in [-0.1, -0.05) is 18.2 Å². The lowest BCUT2D eigenvalue weighted by Gasteiger charge is -2.09. The number of nitrogens with one attached hydrogen (secondary N) is 1. The molecular formula is C15H12N4S. The van der Waals surface area contributed by atoms with Gasteiger partial charge in [-0.25, -0.2) is 0 Å². The van der Waals surface area contributed by atoms with Crippen molar-refractivity contribution in [1.29, 1.82) is 5.26 Å². The zero-order valence-electron chi connectivity index (χ0n) is 10.7. The van der Waals surface area contributed by atoms with Crippen LogP contribution in [0.5, 0.6) is 0 Å². The van der Waals surface area contributed by atoms with E-state index in [-0.39, 0.29) is 0 Å². The Morgan fingerprint density at radius 3 is 2.90 bits per heavy atom. The summed E-state index contributed by atoms with van der Waals surface area (Å²) in [6.07, 6.45) is 0.922. The molecule has 1 aromatic carbocycles. The second kappa shape index (κ2) is 5.68. The van der Waals surface area contributed by atoms with E-state index in [1.165, 1.54) is 5.56 Å². The van der Waals surface area contributed by atoms with Gasteiger partial charge in [-0.2, -0.15) is 16.6 Å². The summed E-state index contributed by atoms with van der Waals surface area (Å²) in [5, 5.41) is 25.7. The first-order valence-corrected chi connectivity index (χ1v) is 7.23. The van der Waals surface area contributed by atoms with Crippen LogP contribution in [0.25, 0.3) is 10.9 Å². The molecular weight excluding hydrogens is 268 g/mol. The number of hydrogen-bond acceptors (Lipinski definition) is 5. The molecule has 0 saturated carbocycles. The minimum Gasteiger partial charge on any atom is -0.382 e. The molecule has 0 aliphatic rings. The average Bonchev–Trinajstić information content (AvgIpc) is 3.00. The summed E-state index contributed by atoms with van der Waals surface area (Å²) < 4.78 is 0. The van der Waals surface area contributed by atoms with E-state index in [1.807, 2.05) is 24.3 Å². The third-order valence-electron chi connectivity index (χ3n) is 3.07. The van der Waals surface area contributed by atoms with Gasteiger partial charge in [0.1, 0.15) is 6.07 Å². The predicted molar refractivity (Wildman–Crippen MR) is 80.8 cm³/mol. The Hall–Kier alpha value is -2.45. The van der Waals surface area contributed by atoms with Crippen molar-refractivity contribution in [3.8, 4) is 6.07 Å². The van der Waals surface area contributed by atoms with E-state index in [1.54, 1.807) is 11.3 Å². The van der Waals surface area contributed by atoms with Crippen LogP contribution >= 0.6 is 11.3 Å². The molecule has 4 nitrogen and oxygen atoms in total.